The van der Waals surface area contributed by atoms with Crippen LogP contribution in [-0.4, -0.2) is 9.79 Å². The zero-order valence-corrected chi connectivity index (χ0v) is 11.6. The molecule has 0 amide bonds. The van der Waals surface area contributed by atoms with E-state index in [4.69, 9.17) is 23.1 Å². The van der Waals surface area contributed by atoms with E-state index in [1.54, 1.807) is 48.5 Å². The minimum Gasteiger partial charge on any atom is -0.418 e. The van der Waals surface area contributed by atoms with Gasteiger partial charge in [-0.2, -0.15) is 0 Å². The van der Waals surface area contributed by atoms with Gasteiger partial charge in [0.15, 0.2) is 0 Å². The normalized spacial score (nSPS) is 10.7. The molecule has 2 rings (SSSR count). The van der Waals surface area contributed by atoms with E-state index in [1.807, 2.05) is 12.1 Å². The van der Waals surface area contributed by atoms with E-state index in [0.717, 1.165) is 0 Å². The van der Waals surface area contributed by atoms with Gasteiger partial charge in [0.1, 0.15) is 11.5 Å². The SMILES string of the molecule is OP(O)OP(Oc1ccccc1)Oc1ccccc1. The van der Waals surface area contributed by atoms with Crippen LogP contribution >= 0.6 is 17.2 Å². The van der Waals surface area contributed by atoms with Crippen molar-refractivity contribution in [2.45, 2.75) is 0 Å². The first-order valence-corrected chi connectivity index (χ1v) is 7.62. The Morgan fingerprint density at radius 3 is 1.47 bits per heavy atom. The highest BCUT2D eigenvalue weighted by atomic mass is 31.2. The molecule has 0 aliphatic heterocycles. The molecule has 0 spiro atoms. The third-order valence-electron chi connectivity index (χ3n) is 1.99. The topological polar surface area (TPSA) is 68.2 Å². The first kappa shape index (κ1) is 14.2. The average Bonchev–Trinajstić information content (AvgIpc) is 2.40. The minimum atomic E-state index is -2.55. The molecule has 2 N–H and O–H groups in total. The maximum absolute atomic E-state index is 8.93. The second kappa shape index (κ2) is 7.39. The maximum Gasteiger partial charge on any atom is 0.470 e. The molecular formula is C12H12O5P2. The van der Waals surface area contributed by atoms with Crippen LogP contribution < -0.4 is 9.05 Å². The Hall–Kier alpha value is -1.22. The molecule has 5 nitrogen and oxygen atoms in total. The van der Waals surface area contributed by atoms with Gasteiger partial charge in [0.05, 0.1) is 0 Å². The molecule has 0 radical (unpaired) electrons. The molecule has 19 heavy (non-hydrogen) atoms. The Morgan fingerprint density at radius 2 is 1.11 bits per heavy atom. The van der Waals surface area contributed by atoms with Crippen LogP contribution in [0.15, 0.2) is 60.7 Å². The van der Waals surface area contributed by atoms with Crippen LogP contribution in [0.25, 0.3) is 0 Å². The molecule has 2 aromatic rings. The van der Waals surface area contributed by atoms with Crippen LogP contribution in [0.2, 0.25) is 0 Å². The zero-order valence-electron chi connectivity index (χ0n) is 9.79. The molecule has 7 heteroatoms. The predicted octanol–water partition coefficient (Wildman–Crippen LogP) is 3.60. The number of hydrogen-bond donors (Lipinski definition) is 2. The summed E-state index contributed by atoms with van der Waals surface area (Å²) in [6.07, 6.45) is 0. The van der Waals surface area contributed by atoms with E-state index in [-0.39, 0.29) is 0 Å². The van der Waals surface area contributed by atoms with Gasteiger partial charge in [-0.15, -0.1) is 0 Å². The average molecular weight is 298 g/mol. The lowest BCUT2D eigenvalue weighted by Gasteiger charge is -2.17. The van der Waals surface area contributed by atoms with Gasteiger partial charge in [-0.3, -0.25) is 0 Å². The lowest BCUT2D eigenvalue weighted by Crippen LogP contribution is -1.97. The summed E-state index contributed by atoms with van der Waals surface area (Å²) < 4.78 is 15.7. The Labute approximate surface area is 113 Å². The Kier molecular flexibility index (Phi) is 5.52. The number of rotatable bonds is 6. The lowest BCUT2D eigenvalue weighted by molar-refractivity contribution is 0.333. The summed E-state index contributed by atoms with van der Waals surface area (Å²) in [7, 11) is -4.48. The third kappa shape index (κ3) is 5.11. The van der Waals surface area contributed by atoms with Gasteiger partial charge < -0.3 is 18.8 Å². The highest BCUT2D eigenvalue weighted by Crippen LogP contribution is 2.50. The molecule has 0 atom stereocenters. The third-order valence-corrected chi connectivity index (χ3v) is 3.82. The molecule has 100 valence electrons. The second-order valence-electron chi connectivity index (χ2n) is 3.37. The van der Waals surface area contributed by atoms with Crippen LogP contribution in [0.5, 0.6) is 11.5 Å². The van der Waals surface area contributed by atoms with E-state index in [9.17, 15) is 0 Å². The van der Waals surface area contributed by atoms with Crippen molar-refractivity contribution in [3.63, 3.8) is 0 Å². The molecular weight excluding hydrogens is 286 g/mol. The van der Waals surface area contributed by atoms with Crippen LogP contribution in [0.1, 0.15) is 0 Å². The Balaban J connectivity index is 2.03. The summed E-state index contributed by atoms with van der Waals surface area (Å²) >= 11 is 0. The zero-order chi connectivity index (χ0) is 13.5. The highest BCUT2D eigenvalue weighted by molar-refractivity contribution is 7.55. The molecule has 2 aromatic carbocycles. The fraction of sp³-hybridized carbons (Fsp3) is 0. The molecule has 0 unspecified atom stereocenters. The van der Waals surface area contributed by atoms with E-state index >= 15 is 0 Å². The number of hydrogen-bond acceptors (Lipinski definition) is 5. The molecule has 0 aliphatic rings. The lowest BCUT2D eigenvalue weighted by atomic mass is 10.3. The van der Waals surface area contributed by atoms with Gasteiger partial charge in [0.2, 0.25) is 0 Å². The number of para-hydroxylation sites is 2. The highest BCUT2D eigenvalue weighted by Gasteiger charge is 2.21. The van der Waals surface area contributed by atoms with Crippen molar-refractivity contribution in [3.05, 3.63) is 60.7 Å². The summed E-state index contributed by atoms with van der Waals surface area (Å²) in [6, 6.07) is 17.8. The van der Waals surface area contributed by atoms with Crippen LogP contribution in [-0.2, 0) is 4.31 Å². The molecule has 0 heterocycles. The monoisotopic (exact) mass is 298 g/mol. The van der Waals surface area contributed by atoms with E-state index < -0.39 is 17.2 Å². The van der Waals surface area contributed by atoms with Crippen LogP contribution in [0.3, 0.4) is 0 Å². The van der Waals surface area contributed by atoms with Gasteiger partial charge in [-0.1, -0.05) is 36.4 Å². The van der Waals surface area contributed by atoms with Crippen LogP contribution in [0.4, 0.5) is 0 Å². The summed E-state index contributed by atoms with van der Waals surface area (Å²) in [4.78, 5) is 17.9. The molecule has 0 saturated carbocycles. The fourth-order valence-electron chi connectivity index (χ4n) is 1.25. The van der Waals surface area contributed by atoms with Crippen molar-refractivity contribution in [2.75, 3.05) is 0 Å². The van der Waals surface area contributed by atoms with Crippen molar-refractivity contribution < 1.29 is 23.1 Å². The maximum atomic E-state index is 8.93. The predicted molar refractivity (Wildman–Crippen MR) is 73.5 cm³/mol. The Morgan fingerprint density at radius 1 is 0.684 bits per heavy atom. The molecule has 0 saturated heterocycles. The van der Waals surface area contributed by atoms with E-state index in [0.29, 0.717) is 11.5 Å². The van der Waals surface area contributed by atoms with E-state index in [1.165, 1.54) is 0 Å². The molecule has 0 aromatic heterocycles. The van der Waals surface area contributed by atoms with Gasteiger partial charge in [-0.05, 0) is 24.3 Å². The van der Waals surface area contributed by atoms with Gasteiger partial charge in [0, 0.05) is 0 Å². The minimum absolute atomic E-state index is 0.529. The standard InChI is InChI=1S/C12H12O5P2/c13-18(14)17-19(15-11-7-3-1-4-8-11)16-12-9-5-2-6-10-12/h1-10,13-14H. The quantitative estimate of drug-likeness (QED) is 0.797. The Bertz CT molecular complexity index is 438. The smallest absolute Gasteiger partial charge is 0.418 e. The summed E-state index contributed by atoms with van der Waals surface area (Å²) in [5.74, 6) is 1.06. The van der Waals surface area contributed by atoms with Gasteiger partial charge >= 0.3 is 17.2 Å². The van der Waals surface area contributed by atoms with Crippen molar-refractivity contribution >= 4 is 17.2 Å². The largest absolute Gasteiger partial charge is 0.470 e. The van der Waals surface area contributed by atoms with Crippen LogP contribution in [0, 0.1) is 0 Å². The van der Waals surface area contributed by atoms with Gasteiger partial charge in [-0.25, -0.2) is 4.31 Å². The van der Waals surface area contributed by atoms with E-state index in [2.05, 4.69) is 0 Å². The van der Waals surface area contributed by atoms with Crippen molar-refractivity contribution in [1.82, 2.24) is 0 Å². The second-order valence-corrected chi connectivity index (χ2v) is 5.34. The van der Waals surface area contributed by atoms with Crippen molar-refractivity contribution in [2.24, 2.45) is 0 Å². The van der Waals surface area contributed by atoms with Crippen molar-refractivity contribution in [1.29, 1.82) is 0 Å². The first-order chi connectivity index (χ1) is 9.24. The fourth-order valence-corrected chi connectivity index (χ4v) is 2.62. The summed E-state index contributed by atoms with van der Waals surface area (Å²) in [5.41, 5.74) is 0. The molecule has 0 fully saturated rings. The summed E-state index contributed by atoms with van der Waals surface area (Å²) in [6.45, 7) is 0. The number of benzene rings is 2. The molecule has 0 bridgehead atoms. The van der Waals surface area contributed by atoms with Crippen molar-refractivity contribution in [3.8, 4) is 11.5 Å². The summed E-state index contributed by atoms with van der Waals surface area (Å²) in [5, 5.41) is 0. The molecule has 0 aliphatic carbocycles. The first-order valence-electron chi connectivity index (χ1n) is 5.36. The van der Waals surface area contributed by atoms with Gasteiger partial charge in [0.25, 0.3) is 0 Å².